The Morgan fingerprint density at radius 1 is 1.23 bits per heavy atom. The molecule has 8 nitrogen and oxygen atoms in total. The van der Waals surface area contributed by atoms with Crippen molar-refractivity contribution in [3.63, 3.8) is 0 Å². The summed E-state index contributed by atoms with van der Waals surface area (Å²) in [5, 5.41) is 19.7. The van der Waals surface area contributed by atoms with Crippen LogP contribution in [0.3, 0.4) is 0 Å². The van der Waals surface area contributed by atoms with Crippen molar-refractivity contribution >= 4 is 45.7 Å². The summed E-state index contributed by atoms with van der Waals surface area (Å²) >= 11 is 13.1. The fourth-order valence-corrected chi connectivity index (χ4v) is 5.80. The van der Waals surface area contributed by atoms with E-state index in [9.17, 15) is 5.11 Å². The van der Waals surface area contributed by atoms with Crippen LogP contribution >= 0.6 is 23.2 Å². The van der Waals surface area contributed by atoms with Crippen LogP contribution in [-0.2, 0) is 4.74 Å². The summed E-state index contributed by atoms with van der Waals surface area (Å²) < 4.78 is 22.8. The highest BCUT2D eigenvalue weighted by Gasteiger charge is 2.47. The third-order valence-electron chi connectivity index (χ3n) is 7.62. The van der Waals surface area contributed by atoms with Crippen LogP contribution in [0, 0.1) is 0 Å². The van der Waals surface area contributed by atoms with Gasteiger partial charge in [-0.3, -0.25) is 4.90 Å². The molecule has 3 aliphatic rings. The second-order valence-electron chi connectivity index (χ2n) is 10.0. The predicted molar refractivity (Wildman–Crippen MR) is 132 cm³/mol. The van der Waals surface area contributed by atoms with Crippen LogP contribution in [0.15, 0.2) is 24.5 Å². The van der Waals surface area contributed by atoms with Crippen LogP contribution in [-0.4, -0.2) is 73.9 Å². The molecule has 0 radical (unpaired) electrons. The van der Waals surface area contributed by atoms with Crippen molar-refractivity contribution in [1.82, 2.24) is 24.6 Å². The summed E-state index contributed by atoms with van der Waals surface area (Å²) in [7, 11) is 0. The first-order valence-electron chi connectivity index (χ1n) is 11.9. The van der Waals surface area contributed by atoms with Gasteiger partial charge in [-0.1, -0.05) is 23.2 Å². The minimum atomic E-state index is -1.13. The average Bonchev–Trinajstić information content (AvgIpc) is 3.54. The lowest BCUT2D eigenvalue weighted by atomic mass is 9.84. The minimum absolute atomic E-state index is 0.218. The van der Waals surface area contributed by atoms with Crippen LogP contribution in [0.2, 0.25) is 10.2 Å². The van der Waals surface area contributed by atoms with Crippen LogP contribution in [0.1, 0.15) is 43.7 Å². The van der Waals surface area contributed by atoms with Crippen molar-refractivity contribution in [3.05, 3.63) is 40.3 Å². The predicted octanol–water partition coefficient (Wildman–Crippen LogP) is 4.49. The van der Waals surface area contributed by atoms with E-state index in [2.05, 4.69) is 20.4 Å². The number of benzene rings is 1. The van der Waals surface area contributed by atoms with Crippen LogP contribution < -0.4 is 5.32 Å². The van der Waals surface area contributed by atoms with Crippen LogP contribution in [0.25, 0.3) is 10.9 Å². The molecule has 4 atom stereocenters. The highest BCUT2D eigenvalue weighted by Crippen LogP contribution is 2.41. The van der Waals surface area contributed by atoms with E-state index < -0.39 is 17.8 Å². The lowest BCUT2D eigenvalue weighted by Gasteiger charge is -2.45. The number of alkyl halides is 1. The Bertz CT molecular complexity index is 1270. The summed E-state index contributed by atoms with van der Waals surface area (Å²) in [6.07, 6.45) is 4.37. The van der Waals surface area contributed by atoms with Gasteiger partial charge >= 0.3 is 0 Å². The molecule has 2 aliphatic heterocycles. The summed E-state index contributed by atoms with van der Waals surface area (Å²) in [5.41, 5.74) is 1.50. The Balaban J connectivity index is 1.24. The van der Waals surface area contributed by atoms with Gasteiger partial charge < -0.3 is 15.2 Å². The second-order valence-corrected chi connectivity index (χ2v) is 10.8. The van der Waals surface area contributed by atoms with Gasteiger partial charge in [0.15, 0.2) is 5.15 Å². The number of nitrogens with one attached hydrogen (secondary N) is 1. The Morgan fingerprint density at radius 3 is 2.77 bits per heavy atom. The lowest BCUT2D eigenvalue weighted by molar-refractivity contribution is -0.0237. The molecular formula is C24H27Cl2FN6O2. The normalized spacial score (nSPS) is 29.7. The number of anilines is 2. The van der Waals surface area contributed by atoms with E-state index in [1.807, 2.05) is 22.6 Å². The van der Waals surface area contributed by atoms with E-state index in [1.54, 1.807) is 18.5 Å². The lowest BCUT2D eigenvalue weighted by Crippen LogP contribution is -2.58. The van der Waals surface area contributed by atoms with Crippen molar-refractivity contribution < 1.29 is 14.2 Å². The van der Waals surface area contributed by atoms with Crippen molar-refractivity contribution in [2.45, 2.75) is 56.0 Å². The molecule has 1 aliphatic carbocycles. The quantitative estimate of drug-likeness (QED) is 0.512. The molecule has 3 aromatic rings. The fraction of sp³-hybridized carbons (Fsp3) is 0.542. The molecule has 2 N–H and O–H groups in total. The standard InChI is InChI=1S/C24H27Cl2FN6O2/c1-24(12-35-11-21(24)34)32-5-4-15(18(27)10-32)16-7-19-13(6-17(16)25)8-28-23(30-19)31-20-9-29-33(22(20)26)14-2-3-14/h6-9,14-15,18,21,34H,2-5,10-12H2,1H3,(H,28,30,31)/t15-,18+,21+,24-/m0/s1. The van der Waals surface area contributed by atoms with E-state index in [1.165, 1.54) is 0 Å². The van der Waals surface area contributed by atoms with Crippen molar-refractivity contribution in [3.8, 4) is 0 Å². The largest absolute Gasteiger partial charge is 0.389 e. The Labute approximate surface area is 212 Å². The number of fused-ring (bicyclic) bond motifs is 1. The molecule has 0 spiro atoms. The first-order valence-corrected chi connectivity index (χ1v) is 12.7. The van der Waals surface area contributed by atoms with Gasteiger partial charge in [0, 0.05) is 29.1 Å². The number of likely N-dealkylation sites (tertiary alicyclic amines) is 1. The number of halogens is 3. The van der Waals surface area contributed by atoms with Gasteiger partial charge in [0.1, 0.15) is 6.17 Å². The van der Waals surface area contributed by atoms with Gasteiger partial charge in [-0.25, -0.2) is 19.0 Å². The van der Waals surface area contributed by atoms with Gasteiger partial charge in [-0.2, -0.15) is 5.10 Å². The number of aliphatic hydroxyl groups excluding tert-OH is 1. The average molecular weight is 521 g/mol. The molecule has 186 valence electrons. The second kappa shape index (κ2) is 8.81. The van der Waals surface area contributed by atoms with Gasteiger partial charge in [0.2, 0.25) is 5.95 Å². The molecule has 2 aromatic heterocycles. The molecular weight excluding hydrogens is 494 g/mol. The Morgan fingerprint density at radius 2 is 2.06 bits per heavy atom. The maximum absolute atomic E-state index is 15.5. The van der Waals surface area contributed by atoms with Gasteiger partial charge in [-0.05, 0) is 50.4 Å². The van der Waals surface area contributed by atoms with E-state index in [0.29, 0.717) is 52.9 Å². The third kappa shape index (κ3) is 4.17. The highest BCUT2D eigenvalue weighted by atomic mass is 35.5. The molecule has 2 saturated heterocycles. The molecule has 0 amide bonds. The highest BCUT2D eigenvalue weighted by molar-refractivity contribution is 6.32. The van der Waals surface area contributed by atoms with Gasteiger partial charge in [0.05, 0.1) is 48.3 Å². The number of hydrogen-bond donors (Lipinski definition) is 2. The number of aliphatic hydroxyl groups is 1. The molecule has 11 heteroatoms. The topological polar surface area (TPSA) is 88.3 Å². The summed E-state index contributed by atoms with van der Waals surface area (Å²) in [5.74, 6) is 0.0292. The number of piperidine rings is 1. The fourth-order valence-electron chi connectivity index (χ4n) is 5.21. The number of ether oxygens (including phenoxy) is 1. The van der Waals surface area contributed by atoms with E-state index in [-0.39, 0.29) is 19.1 Å². The van der Waals surface area contributed by atoms with E-state index in [0.717, 1.165) is 23.8 Å². The molecule has 0 bridgehead atoms. The van der Waals surface area contributed by atoms with E-state index in [4.69, 9.17) is 27.9 Å². The smallest absolute Gasteiger partial charge is 0.227 e. The van der Waals surface area contributed by atoms with Crippen LogP contribution in [0.4, 0.5) is 16.0 Å². The maximum atomic E-state index is 15.5. The molecule has 3 fully saturated rings. The Hall–Kier alpha value is -2.04. The number of hydrogen-bond acceptors (Lipinski definition) is 7. The van der Waals surface area contributed by atoms with Crippen molar-refractivity contribution in [2.24, 2.45) is 0 Å². The number of aromatic nitrogens is 4. The zero-order valence-electron chi connectivity index (χ0n) is 19.3. The Kier molecular flexibility index (Phi) is 5.88. The number of rotatable bonds is 5. The minimum Gasteiger partial charge on any atom is -0.389 e. The number of nitrogens with zero attached hydrogens (tertiary/aromatic N) is 5. The first-order chi connectivity index (χ1) is 16.8. The van der Waals surface area contributed by atoms with Crippen LogP contribution in [0.5, 0.6) is 0 Å². The van der Waals surface area contributed by atoms with Gasteiger partial charge in [0.25, 0.3) is 0 Å². The molecule has 6 rings (SSSR count). The van der Waals surface area contributed by atoms with E-state index >= 15 is 4.39 Å². The van der Waals surface area contributed by atoms with Crippen molar-refractivity contribution in [1.29, 1.82) is 0 Å². The molecule has 0 unspecified atom stereocenters. The monoisotopic (exact) mass is 520 g/mol. The van der Waals surface area contributed by atoms with Crippen molar-refractivity contribution in [2.75, 3.05) is 31.6 Å². The van der Waals surface area contributed by atoms with Gasteiger partial charge in [-0.15, -0.1) is 0 Å². The SMILES string of the molecule is C[C@]1(N2CC[C@@H](c3cc4nc(Nc5cnn(C6CC6)c5Cl)ncc4cc3Cl)[C@H](F)C2)COC[C@H]1O. The molecule has 35 heavy (non-hydrogen) atoms. The molecule has 1 aromatic carbocycles. The zero-order chi connectivity index (χ0) is 24.3. The zero-order valence-corrected chi connectivity index (χ0v) is 20.8. The third-order valence-corrected chi connectivity index (χ3v) is 8.33. The maximum Gasteiger partial charge on any atom is 0.227 e. The first kappa shape index (κ1) is 23.4. The summed E-state index contributed by atoms with van der Waals surface area (Å²) in [4.78, 5) is 11.0. The summed E-state index contributed by atoms with van der Waals surface area (Å²) in [6, 6.07) is 4.03. The molecule has 4 heterocycles. The molecule has 1 saturated carbocycles. The summed E-state index contributed by atoms with van der Waals surface area (Å²) in [6.45, 7) is 3.49.